The van der Waals surface area contributed by atoms with Gasteiger partial charge in [-0.05, 0) is 179 Å². The first-order valence-corrected chi connectivity index (χ1v) is 36.0. The molecule has 7 aromatic heterocycles. The number of fused-ring (bicyclic) bond motifs is 21. The summed E-state index contributed by atoms with van der Waals surface area (Å²) in [5, 5.41) is 27.0. The summed E-state index contributed by atoms with van der Waals surface area (Å²) in [4.78, 5) is 0. The first kappa shape index (κ1) is 54.9. The van der Waals surface area contributed by atoms with Crippen LogP contribution < -0.4 is 0 Å². The van der Waals surface area contributed by atoms with Gasteiger partial charge < -0.3 is 18.3 Å². The lowest BCUT2D eigenvalue weighted by Crippen LogP contribution is -1.96. The van der Waals surface area contributed by atoms with E-state index in [0.717, 1.165) is 38.9 Å². The summed E-state index contributed by atoms with van der Waals surface area (Å²) < 4.78 is 17.5. The van der Waals surface area contributed by atoms with E-state index in [0.29, 0.717) is 5.56 Å². The van der Waals surface area contributed by atoms with Crippen LogP contribution in [0.4, 0.5) is 0 Å². The molecule has 0 aliphatic rings. The molecule has 0 N–H and O–H groups in total. The highest BCUT2D eigenvalue weighted by atomic mass is 32.1. The normalized spacial score (nSPS) is 12.2. The van der Waals surface area contributed by atoms with Gasteiger partial charge in [0.05, 0.1) is 77.5 Å². The second-order valence-corrected chi connectivity index (χ2v) is 29.3. The summed E-state index contributed by atoms with van der Waals surface area (Å²) in [6.45, 7) is 0. The van der Waals surface area contributed by atoms with Gasteiger partial charge in [0.2, 0.25) is 0 Å². The van der Waals surface area contributed by atoms with Gasteiger partial charge in [-0.25, -0.2) is 0 Å². The Bertz CT molecular complexity index is 7310. The van der Waals surface area contributed by atoms with Crippen LogP contribution in [0, 0.1) is 11.3 Å². The van der Waals surface area contributed by atoms with Gasteiger partial charge >= 0.3 is 0 Å². The monoisotopic (exact) mass is 1310 g/mol. The summed E-state index contributed by atoms with van der Waals surface area (Å²) in [5.74, 6) is 0. The fourth-order valence-corrected chi connectivity index (χ4v) is 20.2. The summed E-state index contributed by atoms with van der Waals surface area (Å²) in [6.07, 6.45) is 0. The minimum atomic E-state index is 0.646. The average Bonchev–Trinajstić information content (AvgIpc) is 1.57. The molecule has 15 aromatic carbocycles. The fraction of sp³-hybridized carbons (Fsp3) is 0. The Hall–Kier alpha value is -12.4. The van der Waals surface area contributed by atoms with Gasteiger partial charge in [-0.3, -0.25) is 0 Å². The molecular formula is C91H51N5S3. The van der Waals surface area contributed by atoms with Crippen LogP contribution in [0.5, 0.6) is 0 Å². The number of hydrogen-bond donors (Lipinski definition) is 0. The molecule has 0 radical (unpaired) electrons. The first-order chi connectivity index (χ1) is 49.0. The van der Waals surface area contributed by atoms with E-state index in [1.165, 1.54) is 165 Å². The predicted molar refractivity (Wildman–Crippen MR) is 423 cm³/mol. The van der Waals surface area contributed by atoms with Crippen molar-refractivity contribution >= 4 is 182 Å². The maximum absolute atomic E-state index is 9.66. The number of thiophene rings is 3. The highest BCUT2D eigenvalue weighted by Crippen LogP contribution is 2.50. The molecule has 0 spiro atoms. The third kappa shape index (κ3) is 7.89. The maximum Gasteiger partial charge on any atom is 0.0991 e. The smallest absolute Gasteiger partial charge is 0.0991 e. The zero-order chi connectivity index (χ0) is 64.7. The third-order valence-corrected chi connectivity index (χ3v) is 24.6. The van der Waals surface area contributed by atoms with E-state index in [1.54, 1.807) is 0 Å². The standard InChI is InChI=1S/C91H51N5S3/c92-52-53-31-38-59(39-32-53)93-73-22-7-1-15-61(73)68-47-54(33-41-76(68)93)57-36-44-79-71(50-57)72-51-58(37-45-80(72)96(79)83-26-13-21-65-64-18-4-10-27-84(64)98-90(65)83)60-40-46-82(89-67-20-6-12-29-86(67)99-91(60)89)95-75-24-9-3-17-63(75)70-49-56(35-43-78(70)95)55-34-42-77-69(48-55)62-16-2-8-23-74(62)94(77)81-25-14-30-87-88(81)66-19-5-11-28-85(66)97-87/h1-51H. The first-order valence-electron chi connectivity index (χ1n) is 33.5. The largest absolute Gasteiger partial charge is 0.309 e. The number of benzene rings is 15. The van der Waals surface area contributed by atoms with Crippen LogP contribution in [0.15, 0.2) is 309 Å². The van der Waals surface area contributed by atoms with Gasteiger partial charge in [0, 0.05) is 105 Å². The topological polar surface area (TPSA) is 43.5 Å². The zero-order valence-electron chi connectivity index (χ0n) is 52.9. The summed E-state index contributed by atoms with van der Waals surface area (Å²) in [5.41, 5.74) is 21.6. The molecule has 0 atom stereocenters. The molecule has 0 saturated carbocycles. The van der Waals surface area contributed by atoms with Gasteiger partial charge in [-0.15, -0.1) is 34.0 Å². The van der Waals surface area contributed by atoms with Crippen LogP contribution in [-0.2, 0) is 0 Å². The lowest BCUT2D eigenvalue weighted by atomic mass is 9.98. The number of hydrogen-bond acceptors (Lipinski definition) is 4. The van der Waals surface area contributed by atoms with E-state index in [4.69, 9.17) is 0 Å². The molecule has 22 rings (SSSR count). The van der Waals surface area contributed by atoms with Crippen LogP contribution in [0.1, 0.15) is 5.56 Å². The van der Waals surface area contributed by atoms with E-state index in [-0.39, 0.29) is 0 Å². The SMILES string of the molecule is N#Cc1ccc(-n2c3ccccc3c3cc(-c4ccc5c(c4)c4cc(-c6ccc(-n7c8ccccc8c8cc(-c9ccc%10c(c9)c9ccccc9n%10-c9cccc%10sc%11ccccc%11c9%10)ccc87)c7c6sc6ccccc67)ccc4n5-c4cccc5c4sc4ccccc45)ccc32)cc1. The van der Waals surface area contributed by atoms with Gasteiger partial charge in [-0.1, -0.05) is 164 Å². The quantitative estimate of drug-likeness (QED) is 0.157. The minimum Gasteiger partial charge on any atom is -0.309 e. The van der Waals surface area contributed by atoms with E-state index >= 15 is 0 Å². The van der Waals surface area contributed by atoms with Crippen molar-refractivity contribution in [3.63, 3.8) is 0 Å². The zero-order valence-corrected chi connectivity index (χ0v) is 55.4. The maximum atomic E-state index is 9.66. The molecule has 22 aromatic rings. The lowest BCUT2D eigenvalue weighted by molar-refractivity contribution is 1.18. The highest BCUT2D eigenvalue weighted by molar-refractivity contribution is 7.27. The van der Waals surface area contributed by atoms with Crippen LogP contribution >= 0.6 is 34.0 Å². The molecule has 0 aliphatic carbocycles. The molecule has 0 aliphatic heterocycles. The lowest BCUT2D eigenvalue weighted by Gasteiger charge is -2.14. The van der Waals surface area contributed by atoms with Crippen LogP contribution in [-0.4, -0.2) is 18.3 Å². The van der Waals surface area contributed by atoms with Crippen molar-refractivity contribution < 1.29 is 0 Å². The van der Waals surface area contributed by atoms with Crippen molar-refractivity contribution in [2.75, 3.05) is 0 Å². The van der Waals surface area contributed by atoms with Gasteiger partial charge in [-0.2, -0.15) is 5.26 Å². The number of nitrogens with zero attached hydrogens (tertiary/aromatic N) is 5. The average molecular weight is 1310 g/mol. The number of para-hydroxylation sites is 3. The number of nitriles is 1. The Morgan fingerprint density at radius 3 is 1.17 bits per heavy atom. The predicted octanol–water partition coefficient (Wildman–Crippen LogP) is 26.1. The summed E-state index contributed by atoms with van der Waals surface area (Å²) in [7, 11) is 0. The molecular weight excluding hydrogens is 1260 g/mol. The summed E-state index contributed by atoms with van der Waals surface area (Å²) in [6, 6.07) is 117. The minimum absolute atomic E-state index is 0.646. The molecule has 0 fully saturated rings. The van der Waals surface area contributed by atoms with Gasteiger partial charge in [0.1, 0.15) is 0 Å². The van der Waals surface area contributed by atoms with Crippen LogP contribution in [0.2, 0.25) is 0 Å². The van der Waals surface area contributed by atoms with Crippen molar-refractivity contribution in [3.8, 4) is 62.2 Å². The van der Waals surface area contributed by atoms with Crippen molar-refractivity contribution in [2.24, 2.45) is 0 Å². The van der Waals surface area contributed by atoms with E-state index in [1.807, 2.05) is 58.3 Å². The second kappa shape index (κ2) is 20.8. The molecule has 8 heteroatoms. The van der Waals surface area contributed by atoms with E-state index in [2.05, 4.69) is 309 Å². The van der Waals surface area contributed by atoms with E-state index < -0.39 is 0 Å². The van der Waals surface area contributed by atoms with Crippen LogP contribution in [0.25, 0.3) is 204 Å². The summed E-state index contributed by atoms with van der Waals surface area (Å²) >= 11 is 5.63. The molecule has 458 valence electrons. The Morgan fingerprint density at radius 1 is 0.232 bits per heavy atom. The highest BCUT2D eigenvalue weighted by Gasteiger charge is 2.25. The van der Waals surface area contributed by atoms with E-state index in [9.17, 15) is 5.26 Å². The Kier molecular flexibility index (Phi) is 11.5. The molecule has 0 bridgehead atoms. The van der Waals surface area contributed by atoms with Crippen molar-refractivity contribution in [3.05, 3.63) is 315 Å². The Labute approximate surface area is 578 Å². The van der Waals surface area contributed by atoms with Crippen molar-refractivity contribution in [1.82, 2.24) is 18.3 Å². The molecule has 0 amide bonds. The molecule has 5 nitrogen and oxygen atoms in total. The molecule has 0 saturated heterocycles. The van der Waals surface area contributed by atoms with Crippen LogP contribution in [0.3, 0.4) is 0 Å². The Morgan fingerprint density at radius 2 is 0.606 bits per heavy atom. The van der Waals surface area contributed by atoms with Gasteiger partial charge in [0.25, 0.3) is 0 Å². The van der Waals surface area contributed by atoms with Crippen molar-refractivity contribution in [2.45, 2.75) is 0 Å². The van der Waals surface area contributed by atoms with Crippen molar-refractivity contribution in [1.29, 1.82) is 5.26 Å². The Balaban J connectivity index is 0.711. The number of aromatic nitrogens is 4. The molecule has 0 unspecified atom stereocenters. The number of rotatable bonds is 7. The third-order valence-electron chi connectivity index (χ3n) is 21.0. The molecule has 99 heavy (non-hydrogen) atoms. The fourth-order valence-electron chi connectivity index (χ4n) is 16.6. The second-order valence-electron chi connectivity index (χ2n) is 26.1. The molecule has 7 heterocycles. The van der Waals surface area contributed by atoms with Gasteiger partial charge in [0.15, 0.2) is 0 Å².